The smallest absolute Gasteiger partial charge is 0.227 e. The highest BCUT2D eigenvalue weighted by molar-refractivity contribution is 8.13. The van der Waals surface area contributed by atoms with Crippen molar-refractivity contribution in [3.05, 3.63) is 29.8 Å². The van der Waals surface area contributed by atoms with Crippen molar-refractivity contribution in [1.29, 1.82) is 0 Å². The fourth-order valence-electron chi connectivity index (χ4n) is 2.25. The highest BCUT2D eigenvalue weighted by Crippen LogP contribution is 2.27. The molecule has 2 rings (SSSR count). The summed E-state index contributed by atoms with van der Waals surface area (Å²) in [6.45, 7) is 3.70. The van der Waals surface area contributed by atoms with Crippen LogP contribution in [0.4, 0.5) is 5.69 Å². The number of hydrogen-bond donors (Lipinski definition) is 0. The molecule has 0 radical (unpaired) electrons. The van der Waals surface area contributed by atoms with Crippen LogP contribution in [0.5, 0.6) is 0 Å². The van der Waals surface area contributed by atoms with E-state index in [2.05, 4.69) is 0 Å². The minimum Gasteiger partial charge on any atom is -0.312 e. The molecule has 4 nitrogen and oxygen atoms in total. The molecule has 1 amide bonds. The number of Topliss-reactive ketones (excluding diaryl/α,β-unsaturated/α-hetero) is 1. The first-order chi connectivity index (χ1) is 9.47. The average molecular weight is 291 g/mol. The number of carbonyl (C=O) groups excluding carboxylic acids is 3. The average Bonchev–Trinajstić information content (AvgIpc) is 2.78. The van der Waals surface area contributed by atoms with E-state index in [1.165, 1.54) is 18.7 Å². The Labute approximate surface area is 122 Å². The molecule has 106 valence electrons. The molecule has 1 aromatic carbocycles. The number of anilines is 1. The molecule has 1 fully saturated rings. The van der Waals surface area contributed by atoms with Crippen LogP contribution < -0.4 is 4.90 Å². The molecule has 1 unspecified atom stereocenters. The Kier molecular flexibility index (Phi) is 4.60. The van der Waals surface area contributed by atoms with Crippen molar-refractivity contribution in [2.45, 2.75) is 20.3 Å². The maximum atomic E-state index is 12.0. The van der Waals surface area contributed by atoms with Crippen LogP contribution in [-0.4, -0.2) is 29.1 Å². The van der Waals surface area contributed by atoms with Crippen LogP contribution in [0, 0.1) is 5.92 Å². The van der Waals surface area contributed by atoms with Gasteiger partial charge in [-0.3, -0.25) is 14.4 Å². The normalized spacial score (nSPS) is 18.4. The minimum atomic E-state index is 0.0139. The lowest BCUT2D eigenvalue weighted by Gasteiger charge is -2.16. The van der Waals surface area contributed by atoms with Crippen molar-refractivity contribution < 1.29 is 14.4 Å². The van der Waals surface area contributed by atoms with Crippen LogP contribution in [0.15, 0.2) is 24.3 Å². The van der Waals surface area contributed by atoms with Crippen LogP contribution >= 0.6 is 11.8 Å². The Balaban J connectivity index is 2.03. The maximum Gasteiger partial charge on any atom is 0.227 e. The zero-order valence-corrected chi connectivity index (χ0v) is 12.4. The first-order valence-corrected chi connectivity index (χ1v) is 7.50. The topological polar surface area (TPSA) is 54.5 Å². The third-order valence-corrected chi connectivity index (χ3v) is 4.36. The fourth-order valence-corrected chi connectivity index (χ4v) is 2.95. The molecule has 1 atom stereocenters. The van der Waals surface area contributed by atoms with Crippen LogP contribution in [0.2, 0.25) is 0 Å². The van der Waals surface area contributed by atoms with Gasteiger partial charge in [-0.15, -0.1) is 0 Å². The molecule has 0 N–H and O–H groups in total. The van der Waals surface area contributed by atoms with E-state index in [4.69, 9.17) is 0 Å². The number of thioether (sulfide) groups is 1. The van der Waals surface area contributed by atoms with E-state index in [0.717, 1.165) is 5.69 Å². The van der Waals surface area contributed by atoms with Gasteiger partial charge in [0.1, 0.15) is 0 Å². The molecule has 1 aromatic rings. The monoisotopic (exact) mass is 291 g/mol. The zero-order chi connectivity index (χ0) is 14.7. The van der Waals surface area contributed by atoms with Gasteiger partial charge in [-0.25, -0.2) is 0 Å². The van der Waals surface area contributed by atoms with Gasteiger partial charge in [-0.1, -0.05) is 11.8 Å². The predicted molar refractivity (Wildman–Crippen MR) is 80.0 cm³/mol. The van der Waals surface area contributed by atoms with Crippen molar-refractivity contribution in [2.24, 2.45) is 5.92 Å². The second-order valence-electron chi connectivity index (χ2n) is 4.98. The SMILES string of the molecule is CC(=O)SCC1CC(=O)N(c2ccc(C(C)=O)cc2)C1. The summed E-state index contributed by atoms with van der Waals surface area (Å²) in [7, 11) is 0. The van der Waals surface area contributed by atoms with E-state index in [0.29, 0.717) is 24.3 Å². The molecule has 0 bridgehead atoms. The molecule has 0 spiro atoms. The second-order valence-corrected chi connectivity index (χ2v) is 6.18. The molecule has 5 heteroatoms. The zero-order valence-electron chi connectivity index (χ0n) is 11.6. The Morgan fingerprint density at radius 1 is 1.25 bits per heavy atom. The third-order valence-electron chi connectivity index (χ3n) is 3.31. The molecule has 1 aliphatic rings. The van der Waals surface area contributed by atoms with E-state index >= 15 is 0 Å². The number of amides is 1. The van der Waals surface area contributed by atoms with Crippen molar-refractivity contribution in [3.8, 4) is 0 Å². The molecule has 1 saturated heterocycles. The number of carbonyl (C=O) groups is 3. The highest BCUT2D eigenvalue weighted by Gasteiger charge is 2.30. The number of ketones is 1. The van der Waals surface area contributed by atoms with Gasteiger partial charge in [0, 0.05) is 36.9 Å². The highest BCUT2D eigenvalue weighted by atomic mass is 32.2. The van der Waals surface area contributed by atoms with E-state index in [9.17, 15) is 14.4 Å². The Hall–Kier alpha value is -1.62. The van der Waals surface area contributed by atoms with Gasteiger partial charge in [-0.2, -0.15) is 0 Å². The van der Waals surface area contributed by atoms with Crippen LogP contribution in [0.1, 0.15) is 30.6 Å². The first-order valence-electron chi connectivity index (χ1n) is 6.52. The molecule has 20 heavy (non-hydrogen) atoms. The lowest BCUT2D eigenvalue weighted by molar-refractivity contribution is -0.117. The van der Waals surface area contributed by atoms with Gasteiger partial charge in [0.15, 0.2) is 10.9 Å². The number of benzene rings is 1. The summed E-state index contributed by atoms with van der Waals surface area (Å²) < 4.78 is 0. The summed E-state index contributed by atoms with van der Waals surface area (Å²) in [5.41, 5.74) is 1.46. The van der Waals surface area contributed by atoms with Crippen molar-refractivity contribution in [3.63, 3.8) is 0 Å². The van der Waals surface area contributed by atoms with E-state index in [-0.39, 0.29) is 22.7 Å². The van der Waals surface area contributed by atoms with Crippen LogP contribution in [-0.2, 0) is 9.59 Å². The summed E-state index contributed by atoms with van der Waals surface area (Å²) in [5.74, 6) is 0.988. The molecule has 0 aliphatic carbocycles. The Morgan fingerprint density at radius 2 is 1.90 bits per heavy atom. The maximum absolute atomic E-state index is 12.0. The van der Waals surface area contributed by atoms with E-state index in [1.807, 2.05) is 0 Å². The number of hydrogen-bond acceptors (Lipinski definition) is 4. The third kappa shape index (κ3) is 3.48. The first kappa shape index (κ1) is 14.8. The van der Waals surface area contributed by atoms with Gasteiger partial charge in [0.2, 0.25) is 5.91 Å². The van der Waals surface area contributed by atoms with Gasteiger partial charge in [-0.05, 0) is 37.1 Å². The quantitative estimate of drug-likeness (QED) is 0.800. The van der Waals surface area contributed by atoms with Crippen molar-refractivity contribution >= 4 is 34.3 Å². The van der Waals surface area contributed by atoms with Crippen molar-refractivity contribution in [2.75, 3.05) is 17.2 Å². The van der Waals surface area contributed by atoms with Crippen LogP contribution in [0.25, 0.3) is 0 Å². The Bertz CT molecular complexity index is 539. The van der Waals surface area contributed by atoms with E-state index in [1.54, 1.807) is 36.1 Å². The second kappa shape index (κ2) is 6.22. The van der Waals surface area contributed by atoms with E-state index < -0.39 is 0 Å². The minimum absolute atomic E-state index is 0.0139. The molecule has 0 saturated carbocycles. The summed E-state index contributed by atoms with van der Waals surface area (Å²) in [4.78, 5) is 35.9. The number of rotatable bonds is 4. The van der Waals surface area contributed by atoms with Crippen molar-refractivity contribution in [1.82, 2.24) is 0 Å². The summed E-state index contributed by atoms with van der Waals surface area (Å²) in [5, 5.41) is 0.0849. The molecule has 1 aliphatic heterocycles. The summed E-state index contributed by atoms with van der Waals surface area (Å²) in [6.07, 6.45) is 0.481. The molecular weight excluding hydrogens is 274 g/mol. The van der Waals surface area contributed by atoms with Gasteiger partial charge in [0.25, 0.3) is 0 Å². The van der Waals surface area contributed by atoms with Crippen LogP contribution in [0.3, 0.4) is 0 Å². The molecule has 0 aromatic heterocycles. The lowest BCUT2D eigenvalue weighted by atomic mass is 10.1. The summed E-state index contributed by atoms with van der Waals surface area (Å²) in [6, 6.07) is 7.08. The predicted octanol–water partition coefficient (Wildman–Crippen LogP) is 2.52. The summed E-state index contributed by atoms with van der Waals surface area (Å²) >= 11 is 1.27. The molecular formula is C15H17NO3S. The van der Waals surface area contributed by atoms with Gasteiger partial charge >= 0.3 is 0 Å². The van der Waals surface area contributed by atoms with Gasteiger partial charge in [0.05, 0.1) is 0 Å². The Morgan fingerprint density at radius 3 is 2.45 bits per heavy atom. The fraction of sp³-hybridized carbons (Fsp3) is 0.400. The number of nitrogens with zero attached hydrogens (tertiary/aromatic N) is 1. The largest absolute Gasteiger partial charge is 0.312 e. The van der Waals surface area contributed by atoms with Gasteiger partial charge < -0.3 is 4.90 Å². The molecule has 1 heterocycles. The standard InChI is InChI=1S/C15H17NO3S/c1-10(17)13-3-5-14(6-4-13)16-8-12(7-15(16)19)9-20-11(2)18/h3-6,12H,7-9H2,1-2H3. The lowest BCUT2D eigenvalue weighted by Crippen LogP contribution is -2.24.